The average molecular weight is 470 g/mol. The third-order valence-corrected chi connectivity index (χ3v) is 6.14. The van der Waals surface area contributed by atoms with E-state index in [0.29, 0.717) is 30.2 Å². The second-order valence-electron chi connectivity index (χ2n) is 8.85. The summed E-state index contributed by atoms with van der Waals surface area (Å²) in [5.74, 6) is 0.115. The molecule has 3 atom stereocenters. The van der Waals surface area contributed by atoms with Crippen LogP contribution < -0.4 is 10.1 Å². The molecule has 0 saturated carbocycles. The first-order chi connectivity index (χ1) is 16.3. The highest BCUT2D eigenvalue weighted by Gasteiger charge is 2.28. The van der Waals surface area contributed by atoms with Crippen LogP contribution in [-0.4, -0.2) is 84.1 Å². The minimum absolute atomic E-state index is 0.108. The summed E-state index contributed by atoms with van der Waals surface area (Å²) in [6, 6.07) is 5.26. The van der Waals surface area contributed by atoms with Crippen LogP contribution in [0.15, 0.2) is 36.8 Å². The number of anilines is 1. The second-order valence-corrected chi connectivity index (χ2v) is 8.85. The fourth-order valence-electron chi connectivity index (χ4n) is 4.14. The molecule has 1 aliphatic rings. The molecule has 0 bridgehead atoms. The molecule has 9 heteroatoms. The quantitative estimate of drug-likeness (QED) is 0.719. The van der Waals surface area contributed by atoms with Crippen molar-refractivity contribution in [2.24, 2.45) is 5.92 Å². The van der Waals surface area contributed by atoms with Gasteiger partial charge in [-0.2, -0.15) is 0 Å². The minimum atomic E-state index is -0.403. The predicted octanol–water partition coefficient (Wildman–Crippen LogP) is 2.94. The van der Waals surface area contributed by atoms with E-state index in [0.717, 1.165) is 19.5 Å². The average Bonchev–Trinajstić information content (AvgIpc) is 2.85. The van der Waals surface area contributed by atoms with Crippen LogP contribution in [0.25, 0.3) is 0 Å². The minimum Gasteiger partial charge on any atom is -0.491 e. The third kappa shape index (κ3) is 6.30. The fourth-order valence-corrected chi connectivity index (χ4v) is 4.14. The van der Waals surface area contributed by atoms with E-state index < -0.39 is 5.91 Å². The van der Waals surface area contributed by atoms with E-state index in [4.69, 9.17) is 9.47 Å². The molecule has 2 amide bonds. The summed E-state index contributed by atoms with van der Waals surface area (Å²) < 4.78 is 11.9. The zero-order valence-corrected chi connectivity index (χ0v) is 20.7. The lowest BCUT2D eigenvalue weighted by Gasteiger charge is -2.35. The number of hydrogen-bond acceptors (Lipinski definition) is 7. The van der Waals surface area contributed by atoms with Crippen molar-refractivity contribution in [2.75, 3.05) is 45.7 Å². The summed E-state index contributed by atoms with van der Waals surface area (Å²) in [6.07, 6.45) is 5.28. The van der Waals surface area contributed by atoms with Gasteiger partial charge in [-0.3, -0.25) is 19.5 Å². The third-order valence-electron chi connectivity index (χ3n) is 6.14. The van der Waals surface area contributed by atoms with Gasteiger partial charge in [-0.05, 0) is 44.0 Å². The number of fused-ring (bicyclic) bond motifs is 1. The molecular formula is C25H35N5O4. The number of benzene rings is 1. The smallest absolute Gasteiger partial charge is 0.275 e. The monoisotopic (exact) mass is 469 g/mol. The summed E-state index contributed by atoms with van der Waals surface area (Å²) in [4.78, 5) is 38.0. The zero-order valence-electron chi connectivity index (χ0n) is 20.7. The van der Waals surface area contributed by atoms with Crippen molar-refractivity contribution in [2.45, 2.75) is 39.3 Å². The number of methoxy groups -OCH3 is 1. The maximum absolute atomic E-state index is 13.4. The van der Waals surface area contributed by atoms with E-state index in [-0.39, 0.29) is 29.7 Å². The van der Waals surface area contributed by atoms with Crippen LogP contribution in [-0.2, 0) is 4.74 Å². The molecule has 0 fully saturated rings. The summed E-state index contributed by atoms with van der Waals surface area (Å²) >= 11 is 0. The Kier molecular flexibility index (Phi) is 8.95. The topological polar surface area (TPSA) is 96.9 Å². The molecule has 0 radical (unpaired) electrons. The van der Waals surface area contributed by atoms with Gasteiger partial charge in [0.2, 0.25) is 0 Å². The Morgan fingerprint density at radius 2 is 2.06 bits per heavy atom. The largest absolute Gasteiger partial charge is 0.491 e. The van der Waals surface area contributed by atoms with Crippen molar-refractivity contribution < 1.29 is 19.1 Å². The van der Waals surface area contributed by atoms with E-state index in [1.165, 1.54) is 18.6 Å². The molecule has 1 aromatic carbocycles. The number of nitrogens with zero attached hydrogens (tertiary/aromatic N) is 4. The van der Waals surface area contributed by atoms with E-state index in [2.05, 4.69) is 41.0 Å². The van der Waals surface area contributed by atoms with Crippen LogP contribution >= 0.6 is 0 Å². The van der Waals surface area contributed by atoms with Crippen molar-refractivity contribution in [1.29, 1.82) is 0 Å². The lowest BCUT2D eigenvalue weighted by molar-refractivity contribution is 0.0108. The Morgan fingerprint density at radius 3 is 2.74 bits per heavy atom. The van der Waals surface area contributed by atoms with Crippen molar-refractivity contribution in [1.82, 2.24) is 19.8 Å². The van der Waals surface area contributed by atoms with Gasteiger partial charge in [0.1, 0.15) is 18.1 Å². The Balaban J connectivity index is 1.91. The van der Waals surface area contributed by atoms with Gasteiger partial charge in [0, 0.05) is 51.4 Å². The zero-order chi connectivity index (χ0) is 24.7. The number of aromatic nitrogens is 2. The van der Waals surface area contributed by atoms with E-state index in [9.17, 15) is 9.59 Å². The molecule has 3 rings (SSSR count). The molecule has 2 aromatic rings. The lowest BCUT2D eigenvalue weighted by atomic mass is 10.0. The SMILES string of the molecule is CCCN1C[C@@H](C)[C@H](OC)CN(C)C(=O)c2cc(NC(=O)c3cnccn3)ccc2OC[C@H]1C. The highest BCUT2D eigenvalue weighted by atomic mass is 16.5. The van der Waals surface area contributed by atoms with Gasteiger partial charge >= 0.3 is 0 Å². The molecule has 0 unspecified atom stereocenters. The standard InChI is InChI=1S/C25H35N5O4/c1-6-11-30-14-17(2)23(33-5)15-29(4)25(32)20-12-19(7-8-22(20)34-16-18(30)3)28-24(31)21-13-26-9-10-27-21/h7-10,12-13,17-18,23H,6,11,14-16H2,1-5H3,(H,28,31)/t17-,18-,23-/m1/s1. The van der Waals surface area contributed by atoms with Gasteiger partial charge < -0.3 is 19.7 Å². The Hall–Kier alpha value is -3.04. The van der Waals surface area contributed by atoms with E-state index >= 15 is 0 Å². The van der Waals surface area contributed by atoms with Crippen molar-refractivity contribution in [3.63, 3.8) is 0 Å². The number of rotatable bonds is 5. The predicted molar refractivity (Wildman–Crippen MR) is 130 cm³/mol. The van der Waals surface area contributed by atoms with Gasteiger partial charge in [0.15, 0.2) is 0 Å². The molecule has 1 N–H and O–H groups in total. The first-order valence-corrected chi connectivity index (χ1v) is 11.7. The van der Waals surface area contributed by atoms with Gasteiger partial charge in [-0.15, -0.1) is 0 Å². The number of carbonyl (C=O) groups excluding carboxylic acids is 2. The number of nitrogens with one attached hydrogen (secondary N) is 1. The number of likely N-dealkylation sites (N-methyl/N-ethyl adjacent to an activating group) is 1. The Morgan fingerprint density at radius 1 is 1.26 bits per heavy atom. The van der Waals surface area contributed by atoms with E-state index in [1.54, 1.807) is 37.3 Å². The van der Waals surface area contributed by atoms with Gasteiger partial charge in [-0.1, -0.05) is 13.8 Å². The summed E-state index contributed by atoms with van der Waals surface area (Å²) in [5.41, 5.74) is 1.05. The van der Waals surface area contributed by atoms with Crippen LogP contribution in [0.1, 0.15) is 48.0 Å². The summed E-state index contributed by atoms with van der Waals surface area (Å²) in [5, 5.41) is 2.79. The summed E-state index contributed by atoms with van der Waals surface area (Å²) in [7, 11) is 3.45. The first kappa shape index (κ1) is 25.6. The highest BCUT2D eigenvalue weighted by molar-refractivity contribution is 6.04. The number of hydrogen-bond donors (Lipinski definition) is 1. The second kappa shape index (κ2) is 11.9. The summed E-state index contributed by atoms with van der Waals surface area (Å²) in [6.45, 7) is 9.17. The molecule has 184 valence electrons. The number of ether oxygens (including phenoxy) is 2. The molecule has 34 heavy (non-hydrogen) atoms. The maximum atomic E-state index is 13.4. The molecule has 1 aromatic heterocycles. The van der Waals surface area contributed by atoms with Gasteiger partial charge in [0.05, 0.1) is 17.9 Å². The molecule has 0 saturated heterocycles. The van der Waals surface area contributed by atoms with Crippen LogP contribution in [0.2, 0.25) is 0 Å². The van der Waals surface area contributed by atoms with Crippen LogP contribution in [0.5, 0.6) is 5.75 Å². The molecule has 9 nitrogen and oxygen atoms in total. The molecule has 2 heterocycles. The Labute approximate surface area is 201 Å². The highest BCUT2D eigenvalue weighted by Crippen LogP contribution is 2.26. The normalized spacial score (nSPS) is 22.2. The number of carbonyl (C=O) groups is 2. The first-order valence-electron chi connectivity index (χ1n) is 11.7. The fraction of sp³-hybridized carbons (Fsp3) is 0.520. The van der Waals surface area contributed by atoms with Crippen molar-refractivity contribution in [3.8, 4) is 5.75 Å². The number of amides is 2. The van der Waals surface area contributed by atoms with E-state index in [1.807, 2.05) is 0 Å². The molecule has 0 aliphatic carbocycles. The van der Waals surface area contributed by atoms with Gasteiger partial charge in [-0.25, -0.2) is 4.98 Å². The van der Waals surface area contributed by atoms with Crippen LogP contribution in [0.4, 0.5) is 5.69 Å². The molecular weight excluding hydrogens is 434 g/mol. The maximum Gasteiger partial charge on any atom is 0.275 e. The Bertz CT molecular complexity index is 971. The molecule has 0 spiro atoms. The van der Waals surface area contributed by atoms with Crippen LogP contribution in [0, 0.1) is 5.92 Å². The van der Waals surface area contributed by atoms with Crippen molar-refractivity contribution in [3.05, 3.63) is 48.0 Å². The van der Waals surface area contributed by atoms with Crippen molar-refractivity contribution >= 4 is 17.5 Å². The molecule has 1 aliphatic heterocycles. The lowest BCUT2D eigenvalue weighted by Crippen LogP contribution is -2.46. The van der Waals surface area contributed by atoms with Gasteiger partial charge in [0.25, 0.3) is 11.8 Å². The van der Waals surface area contributed by atoms with Crippen LogP contribution in [0.3, 0.4) is 0 Å².